The first-order chi connectivity index (χ1) is 12.5. The summed E-state index contributed by atoms with van der Waals surface area (Å²) < 4.78 is 0. The Kier molecular flexibility index (Phi) is 5.65. The molecule has 3 rings (SSSR count). The second kappa shape index (κ2) is 8.12. The molecule has 0 bridgehead atoms. The van der Waals surface area contributed by atoms with Gasteiger partial charge in [-0.25, -0.2) is 4.98 Å². The van der Waals surface area contributed by atoms with Gasteiger partial charge in [0.2, 0.25) is 5.91 Å². The average molecular weight is 386 g/mol. The summed E-state index contributed by atoms with van der Waals surface area (Å²) in [4.78, 5) is 28.5. The lowest BCUT2D eigenvalue weighted by atomic mass is 10.1. The normalized spacial score (nSPS) is 10.4. The number of benzene rings is 2. The van der Waals surface area contributed by atoms with Gasteiger partial charge in [-0.05, 0) is 25.1 Å². The van der Waals surface area contributed by atoms with Gasteiger partial charge in [0.1, 0.15) is 5.01 Å². The summed E-state index contributed by atoms with van der Waals surface area (Å²) in [6.07, 6.45) is 0.0745. The lowest BCUT2D eigenvalue weighted by Gasteiger charge is -2.07. The highest BCUT2D eigenvalue weighted by atomic mass is 35.5. The summed E-state index contributed by atoms with van der Waals surface area (Å²) >= 11 is 7.43. The number of rotatable bonds is 4. The number of amides is 2. The topological polar surface area (TPSA) is 71.1 Å². The molecule has 1 aromatic heterocycles. The first-order valence-corrected chi connectivity index (χ1v) is 9.14. The third-order valence-electron chi connectivity index (χ3n) is 3.59. The monoisotopic (exact) mass is 385 g/mol. The molecule has 0 spiro atoms. The van der Waals surface area contributed by atoms with Gasteiger partial charge in [-0.1, -0.05) is 47.5 Å². The van der Waals surface area contributed by atoms with Crippen molar-refractivity contribution >= 4 is 34.8 Å². The van der Waals surface area contributed by atoms with Crippen molar-refractivity contribution in [1.29, 1.82) is 0 Å². The molecule has 5 nitrogen and oxygen atoms in total. The number of thiazole rings is 1. The van der Waals surface area contributed by atoms with Crippen molar-refractivity contribution in [3.8, 4) is 10.6 Å². The number of carbonyl (C=O) groups excluding carboxylic acids is 2. The Bertz CT molecular complexity index is 955. The molecule has 2 amide bonds. The molecule has 2 N–H and O–H groups in total. The van der Waals surface area contributed by atoms with E-state index < -0.39 is 5.91 Å². The van der Waals surface area contributed by atoms with E-state index in [-0.39, 0.29) is 12.3 Å². The summed E-state index contributed by atoms with van der Waals surface area (Å²) in [5, 5.41) is 3.02. The zero-order valence-corrected chi connectivity index (χ0v) is 15.5. The van der Waals surface area contributed by atoms with Gasteiger partial charge in [0.25, 0.3) is 5.91 Å². The number of aromatic nitrogens is 1. The van der Waals surface area contributed by atoms with Crippen LogP contribution < -0.4 is 10.9 Å². The molecule has 3 aromatic rings. The minimum atomic E-state index is -0.470. The van der Waals surface area contributed by atoms with Gasteiger partial charge in [-0.2, -0.15) is 0 Å². The van der Waals surface area contributed by atoms with Gasteiger partial charge in [0, 0.05) is 10.9 Å². The van der Waals surface area contributed by atoms with Gasteiger partial charge in [0.15, 0.2) is 0 Å². The number of aryl methyl sites for hydroxylation is 1. The number of halogens is 1. The molecule has 0 aliphatic heterocycles. The third kappa shape index (κ3) is 4.47. The van der Waals surface area contributed by atoms with Crippen LogP contribution in [0.3, 0.4) is 0 Å². The molecule has 0 radical (unpaired) electrons. The van der Waals surface area contributed by atoms with E-state index in [9.17, 15) is 9.59 Å². The molecule has 0 aliphatic carbocycles. The molecule has 0 saturated carbocycles. The van der Waals surface area contributed by atoms with Gasteiger partial charge in [0.05, 0.1) is 22.7 Å². The number of hydrogen-bond acceptors (Lipinski definition) is 4. The minimum absolute atomic E-state index is 0.0745. The fraction of sp³-hybridized carbons (Fsp3) is 0.105. The third-order valence-corrected chi connectivity index (χ3v) is 4.86. The van der Waals surface area contributed by atoms with E-state index in [0.717, 1.165) is 16.1 Å². The zero-order valence-electron chi connectivity index (χ0n) is 14.0. The smallest absolute Gasteiger partial charge is 0.271 e. The average Bonchev–Trinajstić information content (AvgIpc) is 3.08. The Hall–Kier alpha value is -2.70. The summed E-state index contributed by atoms with van der Waals surface area (Å²) in [5.41, 5.74) is 7.86. The van der Waals surface area contributed by atoms with Crippen LogP contribution in [0, 0.1) is 6.92 Å². The molecular weight excluding hydrogens is 370 g/mol. The van der Waals surface area contributed by atoms with Crippen molar-refractivity contribution < 1.29 is 9.59 Å². The number of hydrazine groups is 1. The number of carbonyl (C=O) groups is 2. The maximum Gasteiger partial charge on any atom is 0.271 e. The molecule has 132 valence electrons. The number of hydrogen-bond donors (Lipinski definition) is 2. The molecule has 1 heterocycles. The SMILES string of the molecule is Cc1cccc(-c2nc(CC(=O)NNC(=O)c3ccccc3Cl)cs2)c1. The van der Waals surface area contributed by atoms with Crippen LogP contribution >= 0.6 is 22.9 Å². The lowest BCUT2D eigenvalue weighted by molar-refractivity contribution is -0.121. The molecule has 0 unspecified atom stereocenters. The van der Waals surface area contributed by atoms with E-state index >= 15 is 0 Å². The molecule has 0 aliphatic rings. The van der Waals surface area contributed by atoms with E-state index in [4.69, 9.17) is 11.6 Å². The van der Waals surface area contributed by atoms with Crippen LogP contribution in [0.15, 0.2) is 53.9 Å². The van der Waals surface area contributed by atoms with Crippen LogP contribution in [0.2, 0.25) is 5.02 Å². The van der Waals surface area contributed by atoms with Crippen LogP contribution in [0.1, 0.15) is 21.6 Å². The lowest BCUT2D eigenvalue weighted by Crippen LogP contribution is -2.42. The first-order valence-electron chi connectivity index (χ1n) is 7.88. The van der Waals surface area contributed by atoms with Crippen molar-refractivity contribution in [2.75, 3.05) is 0 Å². The maximum absolute atomic E-state index is 12.0. The highest BCUT2D eigenvalue weighted by Crippen LogP contribution is 2.24. The second-order valence-electron chi connectivity index (χ2n) is 5.67. The Morgan fingerprint density at radius 2 is 1.92 bits per heavy atom. The zero-order chi connectivity index (χ0) is 18.5. The van der Waals surface area contributed by atoms with E-state index in [1.165, 1.54) is 11.3 Å². The summed E-state index contributed by atoms with van der Waals surface area (Å²) in [7, 11) is 0. The second-order valence-corrected chi connectivity index (χ2v) is 6.94. The van der Waals surface area contributed by atoms with Crippen LogP contribution in [-0.4, -0.2) is 16.8 Å². The van der Waals surface area contributed by atoms with E-state index in [1.807, 2.05) is 36.6 Å². The minimum Gasteiger partial charge on any atom is -0.273 e. The van der Waals surface area contributed by atoms with Crippen molar-refractivity contribution in [3.63, 3.8) is 0 Å². The molecule has 7 heteroatoms. The molecule has 2 aromatic carbocycles. The Morgan fingerprint density at radius 1 is 1.12 bits per heavy atom. The molecule has 0 saturated heterocycles. The predicted octanol–water partition coefficient (Wildman–Crippen LogP) is 3.78. The van der Waals surface area contributed by atoms with Gasteiger partial charge in [-0.15, -0.1) is 11.3 Å². The Labute approximate surface area is 160 Å². The summed E-state index contributed by atoms with van der Waals surface area (Å²) in [6.45, 7) is 2.02. The maximum atomic E-state index is 12.0. The predicted molar refractivity (Wildman–Crippen MR) is 103 cm³/mol. The fourth-order valence-electron chi connectivity index (χ4n) is 2.35. The fourth-order valence-corrected chi connectivity index (χ4v) is 3.38. The van der Waals surface area contributed by atoms with Crippen LogP contribution in [0.5, 0.6) is 0 Å². The standard InChI is InChI=1S/C19H16ClN3O2S/c1-12-5-4-6-13(9-12)19-21-14(11-26-19)10-17(24)22-23-18(25)15-7-2-3-8-16(15)20/h2-9,11H,10H2,1H3,(H,22,24)(H,23,25). The van der Waals surface area contributed by atoms with Crippen molar-refractivity contribution in [1.82, 2.24) is 15.8 Å². The molecular formula is C19H16ClN3O2S. The van der Waals surface area contributed by atoms with Crippen LogP contribution in [-0.2, 0) is 11.2 Å². The van der Waals surface area contributed by atoms with E-state index in [1.54, 1.807) is 24.3 Å². The molecule has 26 heavy (non-hydrogen) atoms. The number of nitrogens with zero attached hydrogens (tertiary/aromatic N) is 1. The van der Waals surface area contributed by atoms with Crippen molar-refractivity contribution in [2.24, 2.45) is 0 Å². The van der Waals surface area contributed by atoms with E-state index in [0.29, 0.717) is 16.3 Å². The van der Waals surface area contributed by atoms with Crippen LogP contribution in [0.4, 0.5) is 0 Å². The highest BCUT2D eigenvalue weighted by Gasteiger charge is 2.12. The summed E-state index contributed by atoms with van der Waals surface area (Å²) in [5.74, 6) is -0.825. The highest BCUT2D eigenvalue weighted by molar-refractivity contribution is 7.13. The molecule has 0 fully saturated rings. The largest absolute Gasteiger partial charge is 0.273 e. The van der Waals surface area contributed by atoms with Gasteiger partial charge in [-0.3, -0.25) is 20.4 Å². The number of nitrogens with one attached hydrogen (secondary N) is 2. The van der Waals surface area contributed by atoms with Crippen molar-refractivity contribution in [3.05, 3.63) is 75.8 Å². The van der Waals surface area contributed by atoms with Crippen molar-refractivity contribution in [2.45, 2.75) is 13.3 Å². The summed E-state index contributed by atoms with van der Waals surface area (Å²) in [6, 6.07) is 14.6. The Balaban J connectivity index is 1.57. The van der Waals surface area contributed by atoms with Gasteiger partial charge >= 0.3 is 0 Å². The molecule has 0 atom stereocenters. The van der Waals surface area contributed by atoms with E-state index in [2.05, 4.69) is 15.8 Å². The Morgan fingerprint density at radius 3 is 2.69 bits per heavy atom. The first kappa shape index (κ1) is 18.1. The quantitative estimate of drug-likeness (QED) is 0.671. The van der Waals surface area contributed by atoms with Gasteiger partial charge < -0.3 is 0 Å². The van der Waals surface area contributed by atoms with Crippen LogP contribution in [0.25, 0.3) is 10.6 Å².